The van der Waals surface area contributed by atoms with Crippen molar-refractivity contribution in [3.05, 3.63) is 29.8 Å². The Kier molecular flexibility index (Phi) is 7.22. The van der Waals surface area contributed by atoms with Gasteiger partial charge in [0.1, 0.15) is 25.1 Å². The number of hydrogen-bond acceptors (Lipinski definition) is 10. The fourth-order valence-electron chi connectivity index (χ4n) is 2.76. The molecule has 1 aromatic rings. The number of hydrogen-bond donors (Lipinski definition) is 1. The van der Waals surface area contributed by atoms with Crippen molar-refractivity contribution in [3.63, 3.8) is 0 Å². The topological polar surface area (TPSA) is 135 Å². The molecule has 1 aliphatic rings. The summed E-state index contributed by atoms with van der Waals surface area (Å²) in [5.41, 5.74) is 1.02. The van der Waals surface area contributed by atoms with Crippen LogP contribution in [0.5, 0.6) is 5.75 Å². The fraction of sp³-hybridized carbons (Fsp3) is 0.556. The summed E-state index contributed by atoms with van der Waals surface area (Å²) < 4.78 is 48.7. The van der Waals surface area contributed by atoms with E-state index in [4.69, 9.17) is 18.9 Å². The van der Waals surface area contributed by atoms with Crippen LogP contribution in [0.2, 0.25) is 0 Å². The zero-order valence-corrected chi connectivity index (χ0v) is 17.3. The van der Waals surface area contributed by atoms with Gasteiger partial charge in [-0.05, 0) is 19.1 Å². The normalized spacial score (nSPS) is 26.7. The Morgan fingerprint density at radius 3 is 2.24 bits per heavy atom. The lowest BCUT2D eigenvalue weighted by Crippen LogP contribution is -2.50. The zero-order valence-electron chi connectivity index (χ0n) is 16.5. The van der Waals surface area contributed by atoms with Gasteiger partial charge in [0, 0.05) is 13.8 Å². The van der Waals surface area contributed by atoms with Crippen molar-refractivity contribution in [2.24, 2.45) is 0 Å². The molecule has 11 heteroatoms. The quantitative estimate of drug-likeness (QED) is 0.451. The first-order valence-corrected chi connectivity index (χ1v) is 10.5. The molecule has 29 heavy (non-hydrogen) atoms. The largest absolute Gasteiger partial charge is 0.491 e. The highest BCUT2D eigenvalue weighted by Gasteiger charge is 2.59. The van der Waals surface area contributed by atoms with Crippen LogP contribution in [0.4, 0.5) is 0 Å². The van der Waals surface area contributed by atoms with Crippen LogP contribution in [-0.2, 0) is 38.1 Å². The maximum absolute atomic E-state index is 11.5. The highest BCUT2D eigenvalue weighted by molar-refractivity contribution is 7.85. The third-order valence-corrected chi connectivity index (χ3v) is 4.52. The van der Waals surface area contributed by atoms with E-state index in [0.29, 0.717) is 5.75 Å². The fourth-order valence-corrected chi connectivity index (χ4v) is 3.15. The number of aryl methyl sites for hydroxylation is 1. The second-order valence-corrected chi connectivity index (χ2v) is 8.34. The summed E-state index contributed by atoms with van der Waals surface area (Å²) >= 11 is 0. The maximum Gasteiger partial charge on any atom is 0.303 e. The minimum atomic E-state index is -3.94. The summed E-state index contributed by atoms with van der Waals surface area (Å²) in [5, 5.41) is 10.8. The predicted octanol–water partition coefficient (Wildman–Crippen LogP) is 0.301. The van der Waals surface area contributed by atoms with Crippen molar-refractivity contribution in [1.29, 1.82) is 0 Å². The Morgan fingerprint density at radius 2 is 1.72 bits per heavy atom. The van der Waals surface area contributed by atoms with Crippen LogP contribution in [0.25, 0.3) is 0 Å². The average molecular weight is 432 g/mol. The molecule has 1 heterocycles. The van der Waals surface area contributed by atoms with Gasteiger partial charge in [-0.1, -0.05) is 17.7 Å². The van der Waals surface area contributed by atoms with Crippen molar-refractivity contribution in [2.45, 2.75) is 44.9 Å². The third kappa shape index (κ3) is 6.67. The van der Waals surface area contributed by atoms with Gasteiger partial charge in [0.15, 0.2) is 12.2 Å². The van der Waals surface area contributed by atoms with E-state index in [1.807, 2.05) is 19.1 Å². The molecule has 1 aromatic carbocycles. The number of benzene rings is 1. The van der Waals surface area contributed by atoms with E-state index < -0.39 is 52.8 Å². The lowest BCUT2D eigenvalue weighted by molar-refractivity contribution is -0.248. The van der Waals surface area contributed by atoms with Crippen molar-refractivity contribution < 1.29 is 46.2 Å². The van der Waals surface area contributed by atoms with E-state index in [0.717, 1.165) is 25.7 Å². The molecule has 1 saturated heterocycles. The zero-order chi connectivity index (χ0) is 21.8. The molecule has 0 spiro atoms. The molecule has 1 aliphatic heterocycles. The van der Waals surface area contributed by atoms with E-state index in [2.05, 4.69) is 4.18 Å². The van der Waals surface area contributed by atoms with Crippen molar-refractivity contribution >= 4 is 22.1 Å². The maximum atomic E-state index is 11.5. The molecule has 0 bridgehead atoms. The second-order valence-electron chi connectivity index (χ2n) is 6.70. The van der Waals surface area contributed by atoms with E-state index in [-0.39, 0.29) is 6.61 Å². The number of ether oxygens (including phenoxy) is 4. The number of aliphatic hydroxyl groups is 1. The predicted molar refractivity (Wildman–Crippen MR) is 98.4 cm³/mol. The Hall–Kier alpha value is -2.21. The Balaban J connectivity index is 2.25. The molecule has 0 aromatic heterocycles. The summed E-state index contributed by atoms with van der Waals surface area (Å²) in [5.74, 6) is -3.40. The second kappa shape index (κ2) is 9.08. The number of rotatable bonds is 8. The van der Waals surface area contributed by atoms with Crippen molar-refractivity contribution in [2.75, 3.05) is 19.5 Å². The first-order chi connectivity index (χ1) is 13.4. The molecule has 162 valence electrons. The van der Waals surface area contributed by atoms with Gasteiger partial charge in [0.05, 0.1) is 6.26 Å². The molecule has 4 atom stereocenters. The summed E-state index contributed by atoms with van der Waals surface area (Å²) in [6.45, 7) is 3.07. The SMILES string of the molecule is CC(=O)O[C@H]1[C@@H](OC(C)=O)[C@@](O)(COS(C)(=O)=O)O[C@@H]1COc1ccc(C)cc1. The summed E-state index contributed by atoms with van der Waals surface area (Å²) in [4.78, 5) is 23.1. The van der Waals surface area contributed by atoms with E-state index in [9.17, 15) is 23.1 Å². The van der Waals surface area contributed by atoms with E-state index >= 15 is 0 Å². The number of carbonyl (C=O) groups is 2. The molecule has 2 rings (SSSR count). The van der Waals surface area contributed by atoms with Gasteiger partial charge in [0.2, 0.25) is 5.79 Å². The van der Waals surface area contributed by atoms with Gasteiger partial charge < -0.3 is 24.1 Å². The van der Waals surface area contributed by atoms with Crippen LogP contribution in [-0.4, -0.2) is 69.0 Å². The Labute approximate surface area is 168 Å². The molecule has 1 fully saturated rings. The molecular weight excluding hydrogens is 408 g/mol. The van der Waals surface area contributed by atoms with Gasteiger partial charge in [-0.25, -0.2) is 0 Å². The molecule has 1 N–H and O–H groups in total. The van der Waals surface area contributed by atoms with Gasteiger partial charge in [-0.2, -0.15) is 8.42 Å². The minimum absolute atomic E-state index is 0.181. The number of carbonyl (C=O) groups excluding carboxylic acids is 2. The first kappa shape index (κ1) is 23.1. The third-order valence-electron chi connectivity index (χ3n) is 3.97. The molecule has 10 nitrogen and oxygen atoms in total. The van der Waals surface area contributed by atoms with Gasteiger partial charge in [-0.3, -0.25) is 13.8 Å². The van der Waals surface area contributed by atoms with Crippen molar-refractivity contribution in [1.82, 2.24) is 0 Å². The summed E-state index contributed by atoms with van der Waals surface area (Å²) in [6, 6.07) is 7.08. The molecule has 0 amide bonds. The molecule has 0 radical (unpaired) electrons. The van der Waals surface area contributed by atoms with Gasteiger partial charge in [0.25, 0.3) is 10.1 Å². The van der Waals surface area contributed by atoms with Crippen LogP contribution in [0, 0.1) is 6.92 Å². The molecule has 0 saturated carbocycles. The Bertz CT molecular complexity index is 835. The van der Waals surface area contributed by atoms with Crippen molar-refractivity contribution in [3.8, 4) is 5.75 Å². The van der Waals surface area contributed by atoms with Crippen LogP contribution in [0.3, 0.4) is 0 Å². The van der Waals surface area contributed by atoms with Crippen LogP contribution in [0.15, 0.2) is 24.3 Å². The highest BCUT2D eigenvalue weighted by atomic mass is 32.2. The molecular formula is C18H24O10S. The smallest absolute Gasteiger partial charge is 0.303 e. The average Bonchev–Trinajstić information content (AvgIpc) is 2.84. The van der Waals surface area contributed by atoms with Gasteiger partial charge >= 0.3 is 11.9 Å². The monoisotopic (exact) mass is 432 g/mol. The van der Waals surface area contributed by atoms with Gasteiger partial charge in [-0.15, -0.1) is 0 Å². The van der Waals surface area contributed by atoms with E-state index in [1.54, 1.807) is 12.1 Å². The van der Waals surface area contributed by atoms with E-state index in [1.165, 1.54) is 0 Å². The lowest BCUT2D eigenvalue weighted by atomic mass is 10.1. The van der Waals surface area contributed by atoms with Crippen LogP contribution in [0.1, 0.15) is 19.4 Å². The Morgan fingerprint density at radius 1 is 1.14 bits per heavy atom. The summed E-state index contributed by atoms with van der Waals surface area (Å²) in [7, 11) is -3.94. The lowest BCUT2D eigenvalue weighted by Gasteiger charge is -2.28. The molecule has 0 aliphatic carbocycles. The van der Waals surface area contributed by atoms with Crippen LogP contribution >= 0.6 is 0 Å². The summed E-state index contributed by atoms with van der Waals surface area (Å²) in [6.07, 6.45) is -3.07. The van der Waals surface area contributed by atoms with Crippen LogP contribution < -0.4 is 4.74 Å². The highest BCUT2D eigenvalue weighted by Crippen LogP contribution is 2.35. The first-order valence-electron chi connectivity index (χ1n) is 8.68. The standard InChI is InChI=1S/C18H24O10S/c1-11-5-7-14(8-6-11)24-9-15-16(26-12(2)19)17(27-13(3)20)18(21,28-15)10-25-29(4,22)23/h5-8,15-17,21H,9-10H2,1-4H3/t15-,16-,17-,18-/m1/s1. The number of esters is 2. The molecule has 0 unspecified atom stereocenters. The minimum Gasteiger partial charge on any atom is -0.491 e.